The molecule has 0 spiro atoms. The summed E-state index contributed by atoms with van der Waals surface area (Å²) >= 11 is 1.59. The third-order valence-electron chi connectivity index (χ3n) is 2.78. The van der Waals surface area contributed by atoms with Gasteiger partial charge in [0.15, 0.2) is 0 Å². The second kappa shape index (κ2) is 4.58. The lowest BCUT2D eigenvalue weighted by molar-refractivity contribution is -0.141. The van der Waals surface area contributed by atoms with Crippen molar-refractivity contribution in [3.63, 3.8) is 0 Å². The van der Waals surface area contributed by atoms with E-state index in [4.69, 9.17) is 10.5 Å². The molecule has 0 saturated carbocycles. The number of hydrogen-bond donors (Lipinski definition) is 2. The van der Waals surface area contributed by atoms with Crippen molar-refractivity contribution in [2.75, 3.05) is 18.9 Å². The van der Waals surface area contributed by atoms with Crippen LogP contribution in [-0.2, 0) is 14.3 Å². The smallest absolute Gasteiger partial charge is 0.352 e. The Kier molecular flexibility index (Phi) is 3.30. The van der Waals surface area contributed by atoms with Crippen LogP contribution in [0.25, 0.3) is 0 Å². The average Bonchev–Trinajstić information content (AvgIpc) is 2.23. The summed E-state index contributed by atoms with van der Waals surface area (Å²) in [7, 11) is 0. The van der Waals surface area contributed by atoms with E-state index in [1.54, 1.807) is 16.7 Å². The number of carbonyl (C=O) groups is 2. The predicted octanol–water partition coefficient (Wildman–Crippen LogP) is -0.396. The van der Waals surface area contributed by atoms with E-state index in [2.05, 4.69) is 0 Å². The third kappa shape index (κ3) is 2.25. The molecule has 0 aromatic heterocycles. The standard InChI is InChI=1S/C10H14N2O4S/c1-5(13)16-3-6-4-17-9-7(11)2-12(9)8(6)10(14)15/h7,9H,2-4,11H2,1H3,(H,14,15). The Morgan fingerprint density at radius 3 is 2.88 bits per heavy atom. The van der Waals surface area contributed by atoms with Crippen LogP contribution in [0.15, 0.2) is 11.3 Å². The van der Waals surface area contributed by atoms with Gasteiger partial charge in [0.1, 0.15) is 12.3 Å². The van der Waals surface area contributed by atoms with Crippen LogP contribution >= 0.6 is 11.8 Å². The van der Waals surface area contributed by atoms with Crippen molar-refractivity contribution >= 4 is 23.7 Å². The summed E-state index contributed by atoms with van der Waals surface area (Å²) in [5, 5.41) is 9.24. The maximum atomic E-state index is 11.2. The van der Waals surface area contributed by atoms with Crippen molar-refractivity contribution < 1.29 is 19.4 Å². The fraction of sp³-hybridized carbons (Fsp3) is 0.600. The molecule has 0 radical (unpaired) electrons. The average molecular weight is 258 g/mol. The van der Waals surface area contributed by atoms with Gasteiger partial charge in [0, 0.05) is 24.8 Å². The molecule has 6 nitrogen and oxygen atoms in total. The number of carbonyl (C=O) groups excluding carboxylic acids is 1. The molecule has 0 bridgehead atoms. The minimum atomic E-state index is -0.982. The van der Waals surface area contributed by atoms with Gasteiger partial charge in [0.05, 0.1) is 11.4 Å². The van der Waals surface area contributed by atoms with E-state index in [-0.39, 0.29) is 23.7 Å². The van der Waals surface area contributed by atoms with Gasteiger partial charge in [0.2, 0.25) is 0 Å². The minimum absolute atomic E-state index is 0.0182. The Hall–Kier alpha value is -1.21. The zero-order valence-corrected chi connectivity index (χ0v) is 10.2. The molecular weight excluding hydrogens is 244 g/mol. The van der Waals surface area contributed by atoms with Crippen LogP contribution in [0.5, 0.6) is 0 Å². The maximum Gasteiger partial charge on any atom is 0.352 e. The largest absolute Gasteiger partial charge is 0.477 e. The highest BCUT2D eigenvalue weighted by atomic mass is 32.2. The van der Waals surface area contributed by atoms with Crippen LogP contribution in [0.2, 0.25) is 0 Å². The second-order valence-corrected chi connectivity index (χ2v) is 5.16. The van der Waals surface area contributed by atoms with Crippen LogP contribution in [-0.4, -0.2) is 52.3 Å². The van der Waals surface area contributed by atoms with Gasteiger partial charge in [-0.3, -0.25) is 4.79 Å². The first-order valence-corrected chi connectivity index (χ1v) is 6.28. The lowest BCUT2D eigenvalue weighted by Crippen LogP contribution is -2.64. The summed E-state index contributed by atoms with van der Waals surface area (Å²) in [5.74, 6) is -0.844. The number of thioether (sulfide) groups is 1. The predicted molar refractivity (Wildman–Crippen MR) is 62.2 cm³/mol. The molecule has 0 amide bonds. The lowest BCUT2D eigenvalue weighted by Gasteiger charge is -2.50. The normalized spacial score (nSPS) is 27.3. The van der Waals surface area contributed by atoms with Crippen molar-refractivity contribution in [3.05, 3.63) is 11.3 Å². The Labute approximate surface area is 103 Å². The molecule has 94 valence electrons. The molecule has 17 heavy (non-hydrogen) atoms. The number of carboxylic acids is 1. The molecule has 2 aliphatic rings. The van der Waals surface area contributed by atoms with E-state index < -0.39 is 11.9 Å². The molecule has 2 atom stereocenters. The molecule has 3 N–H and O–H groups in total. The number of esters is 1. The Bertz CT molecular complexity index is 396. The first-order valence-electron chi connectivity index (χ1n) is 5.23. The second-order valence-electron chi connectivity index (χ2n) is 4.06. The van der Waals surface area contributed by atoms with Gasteiger partial charge in [-0.1, -0.05) is 0 Å². The summed E-state index contributed by atoms with van der Waals surface area (Å²) in [6.07, 6.45) is 0. The number of ether oxygens (including phenoxy) is 1. The van der Waals surface area contributed by atoms with Crippen molar-refractivity contribution in [2.45, 2.75) is 18.3 Å². The zero-order chi connectivity index (χ0) is 12.6. The van der Waals surface area contributed by atoms with Crippen molar-refractivity contribution in [3.8, 4) is 0 Å². The van der Waals surface area contributed by atoms with Gasteiger partial charge in [-0.15, -0.1) is 11.8 Å². The number of nitrogens with two attached hydrogens (primary N) is 1. The van der Waals surface area contributed by atoms with E-state index in [0.29, 0.717) is 17.9 Å². The maximum absolute atomic E-state index is 11.2. The number of nitrogens with zero attached hydrogens (tertiary/aromatic N) is 1. The van der Waals surface area contributed by atoms with Crippen LogP contribution < -0.4 is 5.73 Å². The highest BCUT2D eigenvalue weighted by molar-refractivity contribution is 8.00. The summed E-state index contributed by atoms with van der Waals surface area (Å²) < 4.78 is 4.86. The van der Waals surface area contributed by atoms with Crippen LogP contribution in [0.4, 0.5) is 0 Å². The first kappa shape index (κ1) is 12.3. The van der Waals surface area contributed by atoms with Crippen molar-refractivity contribution in [1.82, 2.24) is 4.90 Å². The molecule has 0 aromatic rings. The summed E-state index contributed by atoms with van der Waals surface area (Å²) in [4.78, 5) is 23.7. The van der Waals surface area contributed by atoms with Crippen LogP contribution in [0.3, 0.4) is 0 Å². The van der Waals surface area contributed by atoms with Gasteiger partial charge >= 0.3 is 11.9 Å². The van der Waals surface area contributed by atoms with Crippen molar-refractivity contribution in [2.24, 2.45) is 5.73 Å². The van der Waals surface area contributed by atoms with E-state index in [1.807, 2.05) is 0 Å². The van der Waals surface area contributed by atoms with E-state index in [9.17, 15) is 14.7 Å². The Morgan fingerprint density at radius 2 is 2.35 bits per heavy atom. The van der Waals surface area contributed by atoms with E-state index >= 15 is 0 Å². The topological polar surface area (TPSA) is 92.9 Å². The van der Waals surface area contributed by atoms with Crippen LogP contribution in [0, 0.1) is 0 Å². The first-order chi connectivity index (χ1) is 8.00. The number of hydrogen-bond acceptors (Lipinski definition) is 6. The zero-order valence-electron chi connectivity index (χ0n) is 9.38. The molecule has 2 aliphatic heterocycles. The lowest BCUT2D eigenvalue weighted by atomic mass is 10.1. The highest BCUT2D eigenvalue weighted by Gasteiger charge is 2.44. The number of aliphatic carboxylic acids is 1. The molecule has 2 heterocycles. The Morgan fingerprint density at radius 1 is 1.65 bits per heavy atom. The van der Waals surface area contributed by atoms with Gasteiger partial charge in [-0.05, 0) is 0 Å². The Balaban J connectivity index is 2.17. The van der Waals surface area contributed by atoms with Gasteiger partial charge in [-0.25, -0.2) is 4.79 Å². The van der Waals surface area contributed by atoms with Gasteiger partial charge < -0.3 is 20.5 Å². The fourth-order valence-corrected chi connectivity index (χ4v) is 3.27. The molecule has 0 aromatic carbocycles. The molecule has 2 rings (SSSR count). The quantitative estimate of drug-likeness (QED) is 0.665. The number of fused-ring (bicyclic) bond motifs is 1. The summed E-state index contributed by atoms with van der Waals surface area (Å²) in [5.41, 5.74) is 6.69. The number of carboxylic acid groups (broad SMARTS) is 1. The molecule has 0 aliphatic carbocycles. The molecule has 1 fully saturated rings. The monoisotopic (exact) mass is 258 g/mol. The van der Waals surface area contributed by atoms with E-state index in [0.717, 1.165) is 0 Å². The van der Waals surface area contributed by atoms with E-state index in [1.165, 1.54) is 6.92 Å². The highest BCUT2D eigenvalue weighted by Crippen LogP contribution is 2.38. The van der Waals surface area contributed by atoms with Gasteiger partial charge in [-0.2, -0.15) is 0 Å². The third-order valence-corrected chi connectivity index (χ3v) is 4.24. The summed E-state index contributed by atoms with van der Waals surface area (Å²) in [6.45, 7) is 1.89. The minimum Gasteiger partial charge on any atom is -0.477 e. The molecular formula is C10H14N2O4S. The summed E-state index contributed by atoms with van der Waals surface area (Å²) in [6, 6.07) is 0.0182. The molecule has 2 unspecified atom stereocenters. The van der Waals surface area contributed by atoms with Crippen molar-refractivity contribution in [1.29, 1.82) is 0 Å². The fourth-order valence-electron chi connectivity index (χ4n) is 1.98. The van der Waals surface area contributed by atoms with Gasteiger partial charge in [0.25, 0.3) is 0 Å². The number of rotatable bonds is 3. The molecule has 1 saturated heterocycles. The SMILES string of the molecule is CC(=O)OCC1=C(C(=O)O)N2CC(N)C2SC1. The van der Waals surface area contributed by atoms with Crippen LogP contribution in [0.1, 0.15) is 6.92 Å². The molecule has 7 heteroatoms.